The standard InChI is InChI=1S/C10H10Br2N2/c11-7-3-4-9(8(12)6-7)14-10-2-1-5-13-10/h3-4,6H,1-2,5H2,(H,13,14). The average molecular weight is 318 g/mol. The summed E-state index contributed by atoms with van der Waals surface area (Å²) in [6, 6.07) is 6.08. The number of halogens is 2. The van der Waals surface area contributed by atoms with Gasteiger partial charge < -0.3 is 5.32 Å². The predicted octanol–water partition coefficient (Wildman–Crippen LogP) is 3.82. The fourth-order valence-corrected chi connectivity index (χ4v) is 2.53. The Labute approximate surface area is 100 Å². The molecule has 0 fully saturated rings. The van der Waals surface area contributed by atoms with Gasteiger partial charge in [0.25, 0.3) is 0 Å². The molecule has 0 aliphatic carbocycles. The molecule has 2 nitrogen and oxygen atoms in total. The van der Waals surface area contributed by atoms with E-state index in [1.54, 1.807) is 0 Å². The summed E-state index contributed by atoms with van der Waals surface area (Å²) in [5, 5.41) is 3.32. The number of nitrogens with zero attached hydrogens (tertiary/aromatic N) is 1. The van der Waals surface area contributed by atoms with Crippen molar-refractivity contribution in [3.8, 4) is 0 Å². The van der Waals surface area contributed by atoms with Crippen LogP contribution in [0.2, 0.25) is 0 Å². The van der Waals surface area contributed by atoms with Crippen molar-refractivity contribution in [3.63, 3.8) is 0 Å². The maximum atomic E-state index is 4.37. The van der Waals surface area contributed by atoms with Crippen LogP contribution in [0.1, 0.15) is 12.8 Å². The van der Waals surface area contributed by atoms with Gasteiger partial charge >= 0.3 is 0 Å². The number of hydrogen-bond acceptors (Lipinski definition) is 2. The summed E-state index contributed by atoms with van der Waals surface area (Å²) in [7, 11) is 0. The third-order valence-electron chi connectivity index (χ3n) is 2.08. The average Bonchev–Trinajstić information content (AvgIpc) is 2.62. The third kappa shape index (κ3) is 2.36. The number of benzene rings is 1. The fourth-order valence-electron chi connectivity index (χ4n) is 1.39. The molecule has 4 heteroatoms. The Morgan fingerprint density at radius 2 is 2.14 bits per heavy atom. The molecular formula is C10H10Br2N2. The summed E-state index contributed by atoms with van der Waals surface area (Å²) in [4.78, 5) is 4.37. The van der Waals surface area contributed by atoms with Crippen molar-refractivity contribution < 1.29 is 0 Å². The first-order chi connectivity index (χ1) is 6.75. The number of amidine groups is 1. The van der Waals surface area contributed by atoms with Gasteiger partial charge in [0, 0.05) is 21.9 Å². The van der Waals surface area contributed by atoms with Gasteiger partial charge in [-0.2, -0.15) is 0 Å². The van der Waals surface area contributed by atoms with Gasteiger partial charge in [-0.3, -0.25) is 4.99 Å². The minimum Gasteiger partial charge on any atom is -0.343 e. The van der Waals surface area contributed by atoms with E-state index in [0.29, 0.717) is 0 Å². The SMILES string of the molecule is Brc1ccc(NC2=NCCC2)c(Br)c1. The lowest BCUT2D eigenvalue weighted by molar-refractivity contribution is 0.951. The van der Waals surface area contributed by atoms with Gasteiger partial charge in [-0.1, -0.05) is 15.9 Å². The van der Waals surface area contributed by atoms with Crippen LogP contribution in [0, 0.1) is 0 Å². The Morgan fingerprint density at radius 1 is 1.29 bits per heavy atom. The molecule has 0 spiro atoms. The third-order valence-corrected chi connectivity index (χ3v) is 3.23. The molecule has 0 saturated heterocycles. The van der Waals surface area contributed by atoms with Crippen LogP contribution in [0.3, 0.4) is 0 Å². The van der Waals surface area contributed by atoms with Gasteiger partial charge in [0.15, 0.2) is 0 Å². The van der Waals surface area contributed by atoms with E-state index < -0.39 is 0 Å². The van der Waals surface area contributed by atoms with Crippen molar-refractivity contribution >= 4 is 43.4 Å². The Kier molecular flexibility index (Phi) is 3.23. The molecule has 0 aromatic heterocycles. The van der Waals surface area contributed by atoms with Crippen LogP contribution in [0.4, 0.5) is 5.69 Å². The lowest BCUT2D eigenvalue weighted by atomic mass is 10.3. The van der Waals surface area contributed by atoms with Crippen molar-refractivity contribution in [3.05, 3.63) is 27.1 Å². The zero-order valence-corrected chi connectivity index (χ0v) is 10.7. The maximum Gasteiger partial charge on any atom is 0.101 e. The second kappa shape index (κ2) is 4.45. The van der Waals surface area contributed by atoms with E-state index in [9.17, 15) is 0 Å². The summed E-state index contributed by atoms with van der Waals surface area (Å²) >= 11 is 6.93. The summed E-state index contributed by atoms with van der Waals surface area (Å²) < 4.78 is 2.13. The number of aliphatic imine (C=N–C) groups is 1. The van der Waals surface area contributed by atoms with E-state index in [1.165, 1.54) is 0 Å². The summed E-state index contributed by atoms with van der Waals surface area (Å²) in [6.45, 7) is 0.955. The summed E-state index contributed by atoms with van der Waals surface area (Å²) in [5.41, 5.74) is 1.08. The molecule has 0 unspecified atom stereocenters. The first-order valence-corrected chi connectivity index (χ1v) is 6.10. The summed E-state index contributed by atoms with van der Waals surface area (Å²) in [6.07, 6.45) is 2.22. The highest BCUT2D eigenvalue weighted by Gasteiger charge is 2.07. The zero-order valence-electron chi connectivity index (χ0n) is 7.56. The van der Waals surface area contributed by atoms with Crippen LogP contribution < -0.4 is 5.32 Å². The Morgan fingerprint density at radius 3 is 2.79 bits per heavy atom. The number of anilines is 1. The Balaban J connectivity index is 2.16. The topological polar surface area (TPSA) is 24.4 Å². The van der Waals surface area contributed by atoms with Gasteiger partial charge in [-0.25, -0.2) is 0 Å². The molecule has 1 aromatic carbocycles. The van der Waals surface area contributed by atoms with Crippen LogP contribution >= 0.6 is 31.9 Å². The van der Waals surface area contributed by atoms with E-state index >= 15 is 0 Å². The molecule has 0 saturated carbocycles. The molecule has 1 heterocycles. The van der Waals surface area contributed by atoms with Gasteiger partial charge in [-0.05, 0) is 40.5 Å². The maximum absolute atomic E-state index is 4.37. The predicted molar refractivity (Wildman–Crippen MR) is 67.0 cm³/mol. The molecule has 1 aliphatic rings. The highest BCUT2D eigenvalue weighted by Crippen LogP contribution is 2.26. The van der Waals surface area contributed by atoms with E-state index in [0.717, 1.165) is 39.9 Å². The van der Waals surface area contributed by atoms with Crippen molar-refractivity contribution in [2.75, 3.05) is 11.9 Å². The lowest BCUT2D eigenvalue weighted by Crippen LogP contribution is -2.08. The van der Waals surface area contributed by atoms with Crippen LogP contribution in [0.25, 0.3) is 0 Å². The monoisotopic (exact) mass is 316 g/mol. The largest absolute Gasteiger partial charge is 0.343 e. The smallest absolute Gasteiger partial charge is 0.101 e. The first kappa shape index (κ1) is 10.2. The van der Waals surface area contributed by atoms with Gasteiger partial charge in [-0.15, -0.1) is 0 Å². The Bertz CT molecular complexity index is 374. The Hall–Kier alpha value is -0.350. The van der Waals surface area contributed by atoms with Crippen molar-refractivity contribution in [2.24, 2.45) is 4.99 Å². The highest BCUT2D eigenvalue weighted by molar-refractivity contribution is 9.11. The molecule has 1 aromatic rings. The minimum absolute atomic E-state index is 0.955. The van der Waals surface area contributed by atoms with E-state index in [4.69, 9.17) is 0 Å². The normalized spacial score (nSPS) is 15.4. The zero-order chi connectivity index (χ0) is 9.97. The van der Waals surface area contributed by atoms with Crippen molar-refractivity contribution in [1.29, 1.82) is 0 Å². The molecule has 0 radical (unpaired) electrons. The molecule has 1 aliphatic heterocycles. The van der Waals surface area contributed by atoms with Crippen LogP contribution in [0.5, 0.6) is 0 Å². The molecule has 2 rings (SSSR count). The van der Waals surface area contributed by atoms with Crippen LogP contribution in [-0.2, 0) is 0 Å². The van der Waals surface area contributed by atoms with Crippen LogP contribution in [0.15, 0.2) is 32.1 Å². The van der Waals surface area contributed by atoms with E-state index in [2.05, 4.69) is 42.2 Å². The van der Waals surface area contributed by atoms with Crippen molar-refractivity contribution in [2.45, 2.75) is 12.8 Å². The molecule has 14 heavy (non-hydrogen) atoms. The minimum atomic E-state index is 0.955. The van der Waals surface area contributed by atoms with Gasteiger partial charge in [0.1, 0.15) is 5.84 Å². The number of hydrogen-bond donors (Lipinski definition) is 1. The lowest BCUT2D eigenvalue weighted by Gasteiger charge is -2.07. The fraction of sp³-hybridized carbons (Fsp3) is 0.300. The first-order valence-electron chi connectivity index (χ1n) is 4.51. The number of rotatable bonds is 1. The van der Waals surface area contributed by atoms with Gasteiger partial charge in [0.2, 0.25) is 0 Å². The van der Waals surface area contributed by atoms with Crippen LogP contribution in [-0.4, -0.2) is 12.4 Å². The van der Waals surface area contributed by atoms with E-state index in [-0.39, 0.29) is 0 Å². The van der Waals surface area contributed by atoms with E-state index in [1.807, 2.05) is 18.2 Å². The van der Waals surface area contributed by atoms with Crippen molar-refractivity contribution in [1.82, 2.24) is 0 Å². The quantitative estimate of drug-likeness (QED) is 0.836. The second-order valence-electron chi connectivity index (χ2n) is 3.18. The molecule has 0 amide bonds. The highest BCUT2D eigenvalue weighted by atomic mass is 79.9. The molecule has 0 bridgehead atoms. The number of nitrogens with one attached hydrogen (secondary N) is 1. The second-order valence-corrected chi connectivity index (χ2v) is 4.95. The molecule has 1 N–H and O–H groups in total. The molecule has 0 atom stereocenters. The molecular weight excluding hydrogens is 308 g/mol. The molecule has 74 valence electrons. The summed E-state index contributed by atoms with van der Waals surface area (Å²) in [5.74, 6) is 1.09. The van der Waals surface area contributed by atoms with Gasteiger partial charge in [0.05, 0.1) is 5.69 Å².